The molecule has 0 bridgehead atoms. The highest BCUT2D eigenvalue weighted by Gasteiger charge is 2.37. The van der Waals surface area contributed by atoms with Crippen LogP contribution in [0.1, 0.15) is 39.5 Å². The largest absolute Gasteiger partial charge is 0.351 e. The third-order valence-electron chi connectivity index (χ3n) is 5.09. The second-order valence-electron chi connectivity index (χ2n) is 6.35. The van der Waals surface area contributed by atoms with Gasteiger partial charge in [0.2, 0.25) is 0 Å². The van der Waals surface area contributed by atoms with Crippen molar-refractivity contribution >= 4 is 6.03 Å². The van der Waals surface area contributed by atoms with Crippen LogP contribution in [0.3, 0.4) is 0 Å². The lowest BCUT2D eigenvalue weighted by Crippen LogP contribution is -2.48. The molecule has 1 heterocycles. The molecule has 1 aliphatic carbocycles. The van der Waals surface area contributed by atoms with Crippen LogP contribution in [0.4, 0.5) is 4.79 Å². The molecule has 2 amide bonds. The number of rotatable bonds is 1. The summed E-state index contributed by atoms with van der Waals surface area (Å²) in [6.45, 7) is 10.5. The van der Waals surface area contributed by atoms with Crippen molar-refractivity contribution in [3.8, 4) is 0 Å². The molecule has 3 nitrogen and oxygen atoms in total. The highest BCUT2D eigenvalue weighted by Crippen LogP contribution is 2.42. The minimum Gasteiger partial charge on any atom is -0.351 e. The van der Waals surface area contributed by atoms with Gasteiger partial charge in [-0.3, -0.25) is 0 Å². The molecule has 1 aliphatic heterocycles. The van der Waals surface area contributed by atoms with E-state index in [0.29, 0.717) is 17.8 Å². The first kappa shape index (κ1) is 13.4. The van der Waals surface area contributed by atoms with E-state index in [9.17, 15) is 4.79 Å². The van der Waals surface area contributed by atoms with Crippen molar-refractivity contribution in [1.82, 2.24) is 4.90 Å². The van der Waals surface area contributed by atoms with Gasteiger partial charge in [0.15, 0.2) is 0 Å². The zero-order valence-electron chi connectivity index (χ0n) is 11.7. The third kappa shape index (κ3) is 2.70. The van der Waals surface area contributed by atoms with Crippen LogP contribution in [0.5, 0.6) is 0 Å². The van der Waals surface area contributed by atoms with E-state index in [1.165, 1.54) is 18.4 Å². The lowest BCUT2D eigenvalue weighted by atomic mass is 9.66. The van der Waals surface area contributed by atoms with Gasteiger partial charge in [-0.2, -0.15) is 0 Å². The Balaban J connectivity index is 2.08. The first-order valence-corrected chi connectivity index (χ1v) is 7.20. The quantitative estimate of drug-likeness (QED) is 0.714. The van der Waals surface area contributed by atoms with Gasteiger partial charge in [0.25, 0.3) is 0 Å². The van der Waals surface area contributed by atoms with Crippen LogP contribution < -0.4 is 5.73 Å². The van der Waals surface area contributed by atoms with Crippen LogP contribution in [0.15, 0.2) is 12.2 Å². The smallest absolute Gasteiger partial charge is 0.314 e. The van der Waals surface area contributed by atoms with Gasteiger partial charge in [-0.05, 0) is 49.4 Å². The van der Waals surface area contributed by atoms with Crippen LogP contribution in [0.2, 0.25) is 0 Å². The predicted molar refractivity (Wildman–Crippen MR) is 74.1 cm³/mol. The second kappa shape index (κ2) is 5.33. The van der Waals surface area contributed by atoms with Crippen molar-refractivity contribution < 1.29 is 4.79 Å². The molecular weight excluding hydrogens is 224 g/mol. The number of nitrogens with two attached hydrogens (primary N) is 1. The summed E-state index contributed by atoms with van der Waals surface area (Å²) in [4.78, 5) is 13.2. The normalized spacial score (nSPS) is 37.7. The number of nitrogens with zero attached hydrogens (tertiary/aromatic N) is 1. The molecule has 0 spiro atoms. The molecule has 18 heavy (non-hydrogen) atoms. The van der Waals surface area contributed by atoms with E-state index in [1.807, 2.05) is 4.90 Å². The molecule has 102 valence electrons. The highest BCUT2D eigenvalue weighted by molar-refractivity contribution is 5.72. The number of piperidine rings is 1. The summed E-state index contributed by atoms with van der Waals surface area (Å²) in [5.74, 6) is 2.72. The number of amides is 2. The van der Waals surface area contributed by atoms with Gasteiger partial charge in [0.1, 0.15) is 0 Å². The number of allylic oxidation sites excluding steroid dienone is 1. The fraction of sp³-hybridized carbons (Fsp3) is 0.800. The lowest BCUT2D eigenvalue weighted by Gasteiger charge is -2.44. The number of hydrogen-bond acceptors (Lipinski definition) is 1. The Kier molecular flexibility index (Phi) is 3.98. The van der Waals surface area contributed by atoms with E-state index in [-0.39, 0.29) is 6.03 Å². The number of urea groups is 1. The van der Waals surface area contributed by atoms with Gasteiger partial charge >= 0.3 is 6.03 Å². The Morgan fingerprint density at radius 1 is 1.28 bits per heavy atom. The third-order valence-corrected chi connectivity index (χ3v) is 5.09. The summed E-state index contributed by atoms with van der Waals surface area (Å²) in [7, 11) is 0. The Morgan fingerprint density at radius 2 is 1.94 bits per heavy atom. The molecule has 4 atom stereocenters. The minimum absolute atomic E-state index is 0.255. The van der Waals surface area contributed by atoms with Crippen molar-refractivity contribution in [2.45, 2.75) is 39.5 Å². The van der Waals surface area contributed by atoms with Crippen LogP contribution in [-0.4, -0.2) is 24.0 Å². The number of carbonyl (C=O) groups excluding carboxylic acids is 1. The van der Waals surface area contributed by atoms with E-state index < -0.39 is 0 Å². The van der Waals surface area contributed by atoms with Gasteiger partial charge < -0.3 is 10.6 Å². The number of likely N-dealkylation sites (tertiary alicyclic amines) is 1. The van der Waals surface area contributed by atoms with Crippen LogP contribution in [0.25, 0.3) is 0 Å². The maximum Gasteiger partial charge on any atom is 0.314 e. The van der Waals surface area contributed by atoms with Crippen molar-refractivity contribution in [2.75, 3.05) is 13.1 Å². The Hall–Kier alpha value is -0.990. The SMILES string of the molecule is C=C1CCC(C)C(C2CN(C(N)=O)CCC2C)C1. The Bertz CT molecular complexity index is 339. The maximum atomic E-state index is 11.4. The van der Waals surface area contributed by atoms with E-state index >= 15 is 0 Å². The summed E-state index contributed by atoms with van der Waals surface area (Å²) in [6.07, 6.45) is 4.66. The average Bonchev–Trinajstić information content (AvgIpc) is 2.33. The first-order valence-electron chi connectivity index (χ1n) is 7.20. The summed E-state index contributed by atoms with van der Waals surface area (Å²) >= 11 is 0. The molecular formula is C15H26N2O. The second-order valence-corrected chi connectivity index (χ2v) is 6.35. The number of primary amides is 1. The van der Waals surface area contributed by atoms with Crippen LogP contribution in [0, 0.1) is 23.7 Å². The Labute approximate surface area is 110 Å². The highest BCUT2D eigenvalue weighted by atomic mass is 16.2. The zero-order valence-corrected chi connectivity index (χ0v) is 11.7. The molecule has 0 aromatic rings. The molecule has 0 aromatic heterocycles. The summed E-state index contributed by atoms with van der Waals surface area (Å²) in [5, 5.41) is 0. The molecule has 2 fully saturated rings. The van der Waals surface area contributed by atoms with Crippen LogP contribution >= 0.6 is 0 Å². The number of hydrogen-bond donors (Lipinski definition) is 1. The summed E-state index contributed by atoms with van der Waals surface area (Å²) in [6, 6.07) is -0.255. The molecule has 0 aromatic carbocycles. The van der Waals surface area contributed by atoms with Gasteiger partial charge in [-0.15, -0.1) is 0 Å². The topological polar surface area (TPSA) is 46.3 Å². The summed E-state index contributed by atoms with van der Waals surface area (Å²) < 4.78 is 0. The summed E-state index contributed by atoms with van der Waals surface area (Å²) in [5.41, 5.74) is 6.83. The standard InChI is InChI=1S/C15H26N2O/c1-10-4-5-11(2)13(8-10)14-9-17(15(16)18)7-6-12(14)3/h11-14H,1,4-9H2,2-3H3,(H2,16,18). The molecule has 0 radical (unpaired) electrons. The van der Waals surface area contributed by atoms with Gasteiger partial charge in [0, 0.05) is 13.1 Å². The fourth-order valence-corrected chi connectivity index (χ4v) is 3.71. The van der Waals surface area contributed by atoms with Crippen molar-refractivity contribution in [3.63, 3.8) is 0 Å². The van der Waals surface area contributed by atoms with Crippen molar-refractivity contribution in [2.24, 2.45) is 29.4 Å². The monoisotopic (exact) mass is 250 g/mol. The molecule has 2 aliphatic rings. The molecule has 3 heteroatoms. The predicted octanol–water partition coefficient (Wildman–Crippen LogP) is 3.02. The fourth-order valence-electron chi connectivity index (χ4n) is 3.71. The molecule has 1 saturated heterocycles. The first-order chi connectivity index (χ1) is 8.49. The van der Waals surface area contributed by atoms with Gasteiger partial charge in [0.05, 0.1) is 0 Å². The molecule has 2 N–H and O–H groups in total. The zero-order chi connectivity index (χ0) is 13.3. The van der Waals surface area contributed by atoms with E-state index in [2.05, 4.69) is 20.4 Å². The van der Waals surface area contributed by atoms with Gasteiger partial charge in [-0.25, -0.2) is 4.79 Å². The molecule has 4 unspecified atom stereocenters. The lowest BCUT2D eigenvalue weighted by molar-refractivity contribution is 0.0736. The molecule has 1 saturated carbocycles. The van der Waals surface area contributed by atoms with E-state index in [1.54, 1.807) is 0 Å². The average molecular weight is 250 g/mol. The van der Waals surface area contributed by atoms with Crippen LogP contribution in [-0.2, 0) is 0 Å². The Morgan fingerprint density at radius 3 is 2.61 bits per heavy atom. The van der Waals surface area contributed by atoms with Gasteiger partial charge in [-0.1, -0.05) is 26.0 Å². The van der Waals surface area contributed by atoms with E-state index in [4.69, 9.17) is 5.73 Å². The number of carbonyl (C=O) groups is 1. The maximum absolute atomic E-state index is 11.4. The van der Waals surface area contributed by atoms with Crippen molar-refractivity contribution in [1.29, 1.82) is 0 Å². The minimum atomic E-state index is -0.255. The van der Waals surface area contributed by atoms with E-state index in [0.717, 1.165) is 31.8 Å². The van der Waals surface area contributed by atoms with Crippen molar-refractivity contribution in [3.05, 3.63) is 12.2 Å². The molecule has 2 rings (SSSR count).